The van der Waals surface area contributed by atoms with Crippen molar-refractivity contribution in [1.29, 1.82) is 0 Å². The molecular weight excluding hydrogens is 252 g/mol. The lowest BCUT2D eigenvalue weighted by Crippen LogP contribution is -2.49. The number of carboxylic acids is 1. The Hall–Kier alpha value is -1.18. The highest BCUT2D eigenvalue weighted by Gasteiger charge is 2.24. The maximum atomic E-state index is 11.8. The Kier molecular flexibility index (Phi) is 6.75. The van der Waals surface area contributed by atoms with Gasteiger partial charge in [0.25, 0.3) is 0 Å². The average molecular weight is 274 g/mol. The van der Waals surface area contributed by atoms with Crippen LogP contribution in [0.3, 0.4) is 0 Å². The number of hydrogen-bond acceptors (Lipinski definition) is 5. The lowest BCUT2D eigenvalue weighted by Gasteiger charge is -2.31. The lowest BCUT2D eigenvalue weighted by atomic mass is 10.2. The first-order chi connectivity index (χ1) is 9.01. The van der Waals surface area contributed by atoms with Crippen LogP contribution in [-0.4, -0.2) is 74.0 Å². The van der Waals surface area contributed by atoms with Crippen molar-refractivity contribution in [2.75, 3.05) is 40.0 Å². The highest BCUT2D eigenvalue weighted by atomic mass is 16.5. The van der Waals surface area contributed by atoms with E-state index in [0.29, 0.717) is 26.3 Å². The van der Waals surface area contributed by atoms with Crippen LogP contribution in [-0.2, 0) is 19.1 Å². The molecule has 19 heavy (non-hydrogen) atoms. The average Bonchev–Trinajstić information content (AvgIpc) is 2.28. The lowest BCUT2D eigenvalue weighted by molar-refractivity contribution is -0.142. The summed E-state index contributed by atoms with van der Waals surface area (Å²) >= 11 is 0. The van der Waals surface area contributed by atoms with Crippen molar-refractivity contribution in [2.24, 2.45) is 0 Å². The van der Waals surface area contributed by atoms with Crippen LogP contribution in [0.2, 0.25) is 0 Å². The SMILES string of the molecule is COCC(C)NC(=O)CN1CCOC(CC(=O)O)C1. The second-order valence-corrected chi connectivity index (χ2v) is 4.75. The fourth-order valence-corrected chi connectivity index (χ4v) is 2.06. The number of aliphatic carboxylic acids is 1. The Balaban J connectivity index is 2.31. The van der Waals surface area contributed by atoms with E-state index in [0.717, 1.165) is 0 Å². The van der Waals surface area contributed by atoms with Crippen molar-refractivity contribution >= 4 is 11.9 Å². The van der Waals surface area contributed by atoms with E-state index in [1.54, 1.807) is 7.11 Å². The molecule has 0 aliphatic carbocycles. The minimum atomic E-state index is -0.884. The molecule has 0 aromatic heterocycles. The van der Waals surface area contributed by atoms with Gasteiger partial charge in [-0.15, -0.1) is 0 Å². The molecule has 7 nitrogen and oxygen atoms in total. The number of hydrogen-bond donors (Lipinski definition) is 2. The molecule has 1 aliphatic rings. The van der Waals surface area contributed by atoms with Gasteiger partial charge < -0.3 is 19.9 Å². The standard InChI is InChI=1S/C12H22N2O5/c1-9(8-18-2)13-11(15)7-14-3-4-19-10(6-14)5-12(16)17/h9-10H,3-8H2,1-2H3,(H,13,15)(H,16,17). The highest BCUT2D eigenvalue weighted by Crippen LogP contribution is 2.08. The molecule has 2 atom stereocenters. The molecule has 0 bridgehead atoms. The monoisotopic (exact) mass is 274 g/mol. The predicted molar refractivity (Wildman–Crippen MR) is 67.9 cm³/mol. The Morgan fingerprint density at radius 3 is 2.95 bits per heavy atom. The summed E-state index contributed by atoms with van der Waals surface area (Å²) < 4.78 is 10.3. The minimum Gasteiger partial charge on any atom is -0.481 e. The number of methoxy groups -OCH3 is 1. The number of morpholine rings is 1. The second kappa shape index (κ2) is 8.08. The quantitative estimate of drug-likeness (QED) is 0.639. The van der Waals surface area contributed by atoms with Crippen LogP contribution in [0, 0.1) is 0 Å². The van der Waals surface area contributed by atoms with Crippen molar-refractivity contribution in [3.63, 3.8) is 0 Å². The second-order valence-electron chi connectivity index (χ2n) is 4.75. The summed E-state index contributed by atoms with van der Waals surface area (Å²) in [6.07, 6.45) is -0.367. The van der Waals surface area contributed by atoms with Gasteiger partial charge in [0, 0.05) is 26.2 Å². The summed E-state index contributed by atoms with van der Waals surface area (Å²) in [5.41, 5.74) is 0. The molecule has 0 aromatic rings. The molecule has 110 valence electrons. The van der Waals surface area contributed by atoms with E-state index >= 15 is 0 Å². The third kappa shape index (κ3) is 6.51. The number of carbonyl (C=O) groups excluding carboxylic acids is 1. The van der Waals surface area contributed by atoms with E-state index in [-0.39, 0.29) is 31.0 Å². The first-order valence-electron chi connectivity index (χ1n) is 6.35. The van der Waals surface area contributed by atoms with Crippen molar-refractivity contribution in [2.45, 2.75) is 25.5 Å². The Labute approximate surface area is 112 Å². The number of nitrogens with zero attached hydrogens (tertiary/aromatic N) is 1. The largest absolute Gasteiger partial charge is 0.481 e. The summed E-state index contributed by atoms with van der Waals surface area (Å²) in [5.74, 6) is -0.967. The number of nitrogens with one attached hydrogen (secondary N) is 1. The van der Waals surface area contributed by atoms with Crippen molar-refractivity contribution in [3.8, 4) is 0 Å². The molecule has 0 radical (unpaired) electrons. The van der Waals surface area contributed by atoms with Crippen LogP contribution in [0.25, 0.3) is 0 Å². The van der Waals surface area contributed by atoms with E-state index in [1.807, 2.05) is 11.8 Å². The molecule has 2 unspecified atom stereocenters. The van der Waals surface area contributed by atoms with Gasteiger partial charge in [-0.3, -0.25) is 14.5 Å². The zero-order chi connectivity index (χ0) is 14.3. The van der Waals surface area contributed by atoms with Crippen molar-refractivity contribution in [3.05, 3.63) is 0 Å². The molecule has 1 rings (SSSR count). The molecule has 0 saturated carbocycles. The minimum absolute atomic E-state index is 0.0296. The first kappa shape index (κ1) is 15.9. The van der Waals surface area contributed by atoms with Gasteiger partial charge >= 0.3 is 5.97 Å². The molecule has 0 aromatic carbocycles. The normalized spacial score (nSPS) is 21.9. The highest BCUT2D eigenvalue weighted by molar-refractivity contribution is 5.78. The molecule has 1 amide bonds. The number of carboxylic acid groups (broad SMARTS) is 1. The van der Waals surface area contributed by atoms with Gasteiger partial charge in [0.1, 0.15) is 0 Å². The summed E-state index contributed by atoms with van der Waals surface area (Å²) in [5, 5.41) is 11.5. The van der Waals surface area contributed by atoms with Crippen molar-refractivity contribution < 1.29 is 24.2 Å². The zero-order valence-corrected chi connectivity index (χ0v) is 11.4. The summed E-state index contributed by atoms with van der Waals surface area (Å²) in [6, 6.07) is -0.0339. The fraction of sp³-hybridized carbons (Fsp3) is 0.833. The summed E-state index contributed by atoms with van der Waals surface area (Å²) in [4.78, 5) is 24.3. The van der Waals surface area contributed by atoms with Crippen LogP contribution in [0.15, 0.2) is 0 Å². The van der Waals surface area contributed by atoms with Gasteiger partial charge in [-0.05, 0) is 6.92 Å². The van der Waals surface area contributed by atoms with E-state index in [2.05, 4.69) is 5.32 Å². The smallest absolute Gasteiger partial charge is 0.306 e. The number of carbonyl (C=O) groups is 2. The Morgan fingerprint density at radius 1 is 1.58 bits per heavy atom. The molecule has 1 saturated heterocycles. The van der Waals surface area contributed by atoms with Gasteiger partial charge in [-0.2, -0.15) is 0 Å². The first-order valence-corrected chi connectivity index (χ1v) is 6.35. The van der Waals surface area contributed by atoms with Crippen LogP contribution in [0.4, 0.5) is 0 Å². The van der Waals surface area contributed by atoms with Crippen molar-refractivity contribution in [1.82, 2.24) is 10.2 Å². The van der Waals surface area contributed by atoms with E-state index in [1.165, 1.54) is 0 Å². The van der Waals surface area contributed by atoms with Gasteiger partial charge in [0.15, 0.2) is 0 Å². The molecule has 2 N–H and O–H groups in total. The molecule has 1 heterocycles. The van der Waals surface area contributed by atoms with E-state index in [4.69, 9.17) is 14.6 Å². The molecular formula is C12H22N2O5. The maximum absolute atomic E-state index is 11.8. The third-order valence-corrected chi connectivity index (χ3v) is 2.82. The van der Waals surface area contributed by atoms with Gasteiger partial charge in [-0.25, -0.2) is 0 Å². The Bertz CT molecular complexity index is 310. The fourth-order valence-electron chi connectivity index (χ4n) is 2.06. The van der Waals surface area contributed by atoms with Crippen LogP contribution in [0.5, 0.6) is 0 Å². The molecule has 1 aliphatic heterocycles. The van der Waals surface area contributed by atoms with Gasteiger partial charge in [-0.1, -0.05) is 0 Å². The number of ether oxygens (including phenoxy) is 2. The molecule has 0 spiro atoms. The van der Waals surface area contributed by atoms with Gasteiger partial charge in [0.2, 0.25) is 5.91 Å². The van der Waals surface area contributed by atoms with Crippen LogP contribution < -0.4 is 5.32 Å². The van der Waals surface area contributed by atoms with E-state index < -0.39 is 5.97 Å². The summed E-state index contributed by atoms with van der Waals surface area (Å²) in [7, 11) is 1.58. The van der Waals surface area contributed by atoms with Crippen LogP contribution >= 0.6 is 0 Å². The van der Waals surface area contributed by atoms with E-state index in [9.17, 15) is 9.59 Å². The zero-order valence-electron chi connectivity index (χ0n) is 11.4. The van der Waals surface area contributed by atoms with Crippen LogP contribution in [0.1, 0.15) is 13.3 Å². The molecule has 7 heteroatoms. The van der Waals surface area contributed by atoms with Gasteiger partial charge in [0.05, 0.1) is 32.3 Å². The topological polar surface area (TPSA) is 88.1 Å². The summed E-state index contributed by atoms with van der Waals surface area (Å²) in [6.45, 7) is 4.16. The maximum Gasteiger partial charge on any atom is 0.306 e. The number of amides is 1. The predicted octanol–water partition coefficient (Wildman–Crippen LogP) is -0.687. The molecule has 1 fully saturated rings. The number of rotatable bonds is 7. The Morgan fingerprint density at radius 2 is 2.32 bits per heavy atom. The third-order valence-electron chi connectivity index (χ3n) is 2.82.